The smallest absolute Gasteiger partial charge is 0.222 e. The van der Waals surface area contributed by atoms with E-state index in [0.29, 0.717) is 25.5 Å². The number of pyridine rings is 1. The first-order chi connectivity index (χ1) is 10.7. The molecule has 0 saturated heterocycles. The molecule has 1 amide bonds. The summed E-state index contributed by atoms with van der Waals surface area (Å²) in [5, 5.41) is 0. The molecule has 0 spiro atoms. The van der Waals surface area contributed by atoms with Gasteiger partial charge in [-0.1, -0.05) is 36.4 Å². The van der Waals surface area contributed by atoms with E-state index in [2.05, 4.69) is 4.98 Å². The highest BCUT2D eigenvalue weighted by Crippen LogP contribution is 2.16. The van der Waals surface area contributed by atoms with Gasteiger partial charge in [0, 0.05) is 25.2 Å². The highest BCUT2D eigenvalue weighted by atomic mass is 16.5. The number of aryl methyl sites for hydroxylation is 1. The molecule has 0 atom stereocenters. The van der Waals surface area contributed by atoms with Crippen molar-refractivity contribution in [2.75, 3.05) is 13.7 Å². The molecule has 4 nitrogen and oxygen atoms in total. The highest BCUT2D eigenvalue weighted by Gasteiger charge is 2.12. The molecule has 0 saturated carbocycles. The van der Waals surface area contributed by atoms with E-state index in [0.717, 1.165) is 12.0 Å². The van der Waals surface area contributed by atoms with Gasteiger partial charge in [-0.15, -0.1) is 0 Å². The summed E-state index contributed by atoms with van der Waals surface area (Å²) in [5.74, 6) is 0.725. The molecular formula is C18H22N2O2. The zero-order valence-electron chi connectivity index (χ0n) is 13.2. The number of carbonyl (C=O) groups is 1. The second kappa shape index (κ2) is 8.17. The Kier molecular flexibility index (Phi) is 5.95. The molecule has 1 aromatic carbocycles. The monoisotopic (exact) mass is 298 g/mol. The van der Waals surface area contributed by atoms with Gasteiger partial charge in [-0.05, 0) is 25.0 Å². The van der Waals surface area contributed by atoms with Gasteiger partial charge in [0.2, 0.25) is 11.8 Å². The van der Waals surface area contributed by atoms with Crippen LogP contribution in [-0.4, -0.2) is 29.4 Å². The maximum atomic E-state index is 12.3. The maximum absolute atomic E-state index is 12.3. The number of amides is 1. The lowest BCUT2D eigenvalue weighted by Crippen LogP contribution is -2.26. The van der Waals surface area contributed by atoms with E-state index < -0.39 is 0 Å². The average molecular weight is 298 g/mol. The van der Waals surface area contributed by atoms with E-state index in [1.54, 1.807) is 11.1 Å². The molecule has 116 valence electrons. The number of aromatic nitrogens is 1. The normalized spacial score (nSPS) is 10.3. The van der Waals surface area contributed by atoms with Crippen molar-refractivity contribution in [2.45, 2.75) is 26.3 Å². The molecule has 0 aliphatic rings. The zero-order valence-corrected chi connectivity index (χ0v) is 13.2. The summed E-state index contributed by atoms with van der Waals surface area (Å²) >= 11 is 0. The van der Waals surface area contributed by atoms with Crippen molar-refractivity contribution in [1.82, 2.24) is 9.88 Å². The first-order valence-electron chi connectivity index (χ1n) is 7.55. The number of nitrogens with zero attached hydrogens (tertiary/aromatic N) is 2. The van der Waals surface area contributed by atoms with Crippen molar-refractivity contribution in [3.8, 4) is 5.88 Å². The second-order valence-corrected chi connectivity index (χ2v) is 5.14. The quantitative estimate of drug-likeness (QED) is 0.789. The van der Waals surface area contributed by atoms with E-state index in [1.165, 1.54) is 5.56 Å². The highest BCUT2D eigenvalue weighted by molar-refractivity contribution is 5.76. The summed E-state index contributed by atoms with van der Waals surface area (Å²) in [6, 6.07) is 13.9. The molecule has 0 unspecified atom stereocenters. The van der Waals surface area contributed by atoms with Gasteiger partial charge in [0.25, 0.3) is 0 Å². The first-order valence-corrected chi connectivity index (χ1v) is 7.55. The van der Waals surface area contributed by atoms with Crippen molar-refractivity contribution in [1.29, 1.82) is 0 Å². The van der Waals surface area contributed by atoms with Gasteiger partial charge in [0.15, 0.2) is 0 Å². The van der Waals surface area contributed by atoms with E-state index >= 15 is 0 Å². The van der Waals surface area contributed by atoms with Gasteiger partial charge in [0.05, 0.1) is 13.2 Å². The van der Waals surface area contributed by atoms with Crippen LogP contribution in [0, 0.1) is 0 Å². The largest absolute Gasteiger partial charge is 0.478 e. The Hall–Kier alpha value is -2.36. The molecule has 1 heterocycles. The van der Waals surface area contributed by atoms with Crippen LogP contribution in [-0.2, 0) is 17.8 Å². The zero-order chi connectivity index (χ0) is 15.8. The molecule has 22 heavy (non-hydrogen) atoms. The fourth-order valence-electron chi connectivity index (χ4n) is 2.24. The number of rotatable bonds is 7. The fourth-order valence-corrected chi connectivity index (χ4v) is 2.24. The second-order valence-electron chi connectivity index (χ2n) is 5.14. The molecule has 0 aliphatic heterocycles. The van der Waals surface area contributed by atoms with Crippen molar-refractivity contribution in [2.24, 2.45) is 0 Å². The minimum atomic E-state index is 0.121. The van der Waals surface area contributed by atoms with Crippen LogP contribution in [0.3, 0.4) is 0 Å². The summed E-state index contributed by atoms with van der Waals surface area (Å²) in [5.41, 5.74) is 2.11. The number of hydrogen-bond donors (Lipinski definition) is 0. The summed E-state index contributed by atoms with van der Waals surface area (Å²) in [6.07, 6.45) is 2.96. The third kappa shape index (κ3) is 4.58. The van der Waals surface area contributed by atoms with Crippen LogP contribution in [0.1, 0.15) is 24.5 Å². The van der Waals surface area contributed by atoms with Crippen molar-refractivity contribution in [3.05, 3.63) is 59.8 Å². The number of hydrogen-bond acceptors (Lipinski definition) is 3. The van der Waals surface area contributed by atoms with E-state index in [1.807, 2.05) is 56.4 Å². The van der Waals surface area contributed by atoms with Gasteiger partial charge in [-0.3, -0.25) is 4.79 Å². The van der Waals surface area contributed by atoms with E-state index in [9.17, 15) is 4.79 Å². The predicted molar refractivity (Wildman–Crippen MR) is 86.6 cm³/mol. The summed E-state index contributed by atoms with van der Waals surface area (Å²) in [4.78, 5) is 18.2. The van der Waals surface area contributed by atoms with Gasteiger partial charge in [-0.25, -0.2) is 4.98 Å². The molecule has 0 N–H and O–H groups in total. The lowest BCUT2D eigenvalue weighted by Gasteiger charge is -2.18. The van der Waals surface area contributed by atoms with E-state index in [-0.39, 0.29) is 5.91 Å². The molecule has 0 aliphatic carbocycles. The molecule has 1 aromatic heterocycles. The first kappa shape index (κ1) is 16.0. The van der Waals surface area contributed by atoms with Crippen LogP contribution in [0.15, 0.2) is 48.7 Å². The van der Waals surface area contributed by atoms with Crippen LogP contribution in [0.2, 0.25) is 0 Å². The average Bonchev–Trinajstić information content (AvgIpc) is 2.55. The summed E-state index contributed by atoms with van der Waals surface area (Å²) in [6.45, 7) is 3.00. The van der Waals surface area contributed by atoms with Crippen LogP contribution in [0.25, 0.3) is 0 Å². The van der Waals surface area contributed by atoms with Gasteiger partial charge in [-0.2, -0.15) is 0 Å². The minimum absolute atomic E-state index is 0.121. The van der Waals surface area contributed by atoms with Gasteiger partial charge < -0.3 is 9.64 Å². The van der Waals surface area contributed by atoms with Crippen LogP contribution < -0.4 is 4.74 Å². The topological polar surface area (TPSA) is 42.4 Å². The van der Waals surface area contributed by atoms with Crippen LogP contribution >= 0.6 is 0 Å². The minimum Gasteiger partial charge on any atom is -0.478 e. The van der Waals surface area contributed by atoms with Crippen LogP contribution in [0.5, 0.6) is 5.88 Å². The van der Waals surface area contributed by atoms with Crippen molar-refractivity contribution < 1.29 is 9.53 Å². The third-order valence-electron chi connectivity index (χ3n) is 3.43. The molecule has 0 radical (unpaired) electrons. The Labute approximate surface area is 131 Å². The SMILES string of the molecule is CCOc1ncccc1CN(C)C(=O)CCc1ccccc1. The Morgan fingerprint density at radius 1 is 1.18 bits per heavy atom. The third-order valence-corrected chi connectivity index (χ3v) is 3.43. The Bertz CT molecular complexity index is 599. The number of carbonyl (C=O) groups excluding carboxylic acids is 1. The van der Waals surface area contributed by atoms with Crippen molar-refractivity contribution in [3.63, 3.8) is 0 Å². The maximum Gasteiger partial charge on any atom is 0.222 e. The van der Waals surface area contributed by atoms with Gasteiger partial charge >= 0.3 is 0 Å². The Balaban J connectivity index is 1.91. The lowest BCUT2D eigenvalue weighted by molar-refractivity contribution is -0.130. The summed E-state index contributed by atoms with van der Waals surface area (Å²) < 4.78 is 5.50. The standard InChI is InChI=1S/C18H22N2O2/c1-3-22-18-16(10-7-13-19-18)14-20(2)17(21)12-11-15-8-5-4-6-9-15/h4-10,13H,3,11-12,14H2,1-2H3. The molecule has 0 fully saturated rings. The molecule has 0 bridgehead atoms. The van der Waals surface area contributed by atoms with Gasteiger partial charge in [0.1, 0.15) is 0 Å². The van der Waals surface area contributed by atoms with Crippen LogP contribution in [0.4, 0.5) is 0 Å². The molecule has 4 heteroatoms. The molecular weight excluding hydrogens is 276 g/mol. The molecule has 2 aromatic rings. The summed E-state index contributed by atoms with van der Waals surface area (Å²) in [7, 11) is 1.82. The Morgan fingerprint density at radius 3 is 2.68 bits per heavy atom. The fraction of sp³-hybridized carbons (Fsp3) is 0.333. The number of ether oxygens (including phenoxy) is 1. The predicted octanol–water partition coefficient (Wildman–Crippen LogP) is 3.07. The molecule has 2 rings (SSSR count). The van der Waals surface area contributed by atoms with Crippen molar-refractivity contribution >= 4 is 5.91 Å². The van der Waals surface area contributed by atoms with E-state index in [4.69, 9.17) is 4.74 Å². The number of benzene rings is 1. The lowest BCUT2D eigenvalue weighted by atomic mass is 10.1. The Morgan fingerprint density at radius 2 is 1.95 bits per heavy atom.